The number of hydrogen-bond acceptors (Lipinski definition) is 7. The average molecular weight is 796 g/mol. The first-order valence-electron chi connectivity index (χ1n) is 20.6. The highest BCUT2D eigenvalue weighted by atomic mass is 16.5. The van der Waals surface area contributed by atoms with Crippen LogP contribution in [-0.4, -0.2) is 81.8 Å². The van der Waals surface area contributed by atoms with E-state index in [1.807, 2.05) is 107 Å². The Bertz CT molecular complexity index is 2520. The molecule has 1 saturated heterocycles. The summed E-state index contributed by atoms with van der Waals surface area (Å²) in [6, 6.07) is 23.3. The number of nitrogens with one attached hydrogen (secondary N) is 5. The second kappa shape index (κ2) is 15.1. The molecule has 3 aliphatic rings. The minimum atomic E-state index is -0.939. The fourth-order valence-electron chi connectivity index (χ4n) is 9.79. The van der Waals surface area contributed by atoms with Crippen molar-refractivity contribution < 1.29 is 19.6 Å². The molecule has 1 fully saturated rings. The van der Waals surface area contributed by atoms with Crippen LogP contribution in [0.25, 0.3) is 21.8 Å². The Morgan fingerprint density at radius 3 is 2.15 bits per heavy atom. The number of para-hydroxylation sites is 2. The molecule has 59 heavy (non-hydrogen) atoms. The molecule has 0 saturated carbocycles. The molecule has 14 nitrogen and oxygen atoms in total. The molecule has 3 atom stereocenters. The molecule has 0 bridgehead atoms. The summed E-state index contributed by atoms with van der Waals surface area (Å²) in [6.07, 6.45) is 4.08. The fourth-order valence-corrected chi connectivity index (χ4v) is 9.79. The summed E-state index contributed by atoms with van der Waals surface area (Å²) < 4.78 is 1.80. The summed E-state index contributed by atoms with van der Waals surface area (Å²) in [5.74, 6) is -0.930. The topological polar surface area (TPSA) is 176 Å². The first-order chi connectivity index (χ1) is 28.3. The largest absolute Gasteiger partial charge is 0.357 e. The maximum atomic E-state index is 14.7. The van der Waals surface area contributed by atoms with Gasteiger partial charge in [-0.1, -0.05) is 71.9 Å². The van der Waals surface area contributed by atoms with Gasteiger partial charge in [0.1, 0.15) is 17.8 Å². The molecule has 14 heteroatoms. The van der Waals surface area contributed by atoms with Gasteiger partial charge in [0.25, 0.3) is 0 Å². The van der Waals surface area contributed by atoms with Crippen LogP contribution in [-0.2, 0) is 58.5 Å². The van der Waals surface area contributed by atoms with Crippen LogP contribution < -0.4 is 16.0 Å². The summed E-state index contributed by atoms with van der Waals surface area (Å²) in [7, 11) is 0. The van der Waals surface area contributed by atoms with Crippen molar-refractivity contribution in [1.82, 2.24) is 50.9 Å². The Balaban J connectivity index is 0.956. The number of amides is 3. The molecule has 9 rings (SSSR count). The number of carbonyl (C=O) groups is 3. The van der Waals surface area contributed by atoms with Gasteiger partial charge in [-0.25, -0.2) is 4.68 Å². The first kappa shape index (κ1) is 38.7. The summed E-state index contributed by atoms with van der Waals surface area (Å²) in [4.78, 5) is 52.2. The SMILES string of the molecule is CC1(C)CC(n2cc(CNC(=O)[C@@H](Cc3ccccc3)NC(=O)[C@@H]3Cc4c([nH]c5ccccc45)CN3C(=O)[C@@H]3Cc4c([nH]c5ccccc45)CN3)nn2)CC(C)(C)N1[O]. The van der Waals surface area contributed by atoms with E-state index in [-0.39, 0.29) is 37.4 Å². The van der Waals surface area contributed by atoms with Crippen molar-refractivity contribution in [1.29, 1.82) is 0 Å². The standard InChI is InChI=1S/C45H51N10O4/c1-44(2)21-29(22-45(3,4)55(44)59)54-25-28(51-52-54)23-47-41(56)36(18-27-12-6-5-7-13-27)50-42(57)40-20-33-31-15-9-11-17-35(31)49-39(33)26-53(40)43(58)37-19-32-30-14-8-10-16-34(30)48-38(32)24-46-37/h5-17,25,29,36-37,40,46,48-49H,18-24,26H2,1-4H3,(H,47,56)(H,50,57)/t36-,37+,40+/m1/s1. The third-order valence-corrected chi connectivity index (χ3v) is 12.6. The second-order valence-electron chi connectivity index (χ2n) is 17.7. The van der Waals surface area contributed by atoms with E-state index in [1.165, 1.54) is 5.06 Å². The van der Waals surface area contributed by atoms with E-state index < -0.39 is 35.1 Å². The van der Waals surface area contributed by atoms with Crippen LogP contribution in [0.5, 0.6) is 0 Å². The van der Waals surface area contributed by atoms with Gasteiger partial charge in [-0.05, 0) is 75.8 Å². The number of aromatic nitrogens is 5. The van der Waals surface area contributed by atoms with Crippen molar-refractivity contribution in [2.75, 3.05) is 0 Å². The van der Waals surface area contributed by atoms with Crippen molar-refractivity contribution in [3.8, 4) is 0 Å². The lowest BCUT2D eigenvalue weighted by molar-refractivity contribution is -0.293. The van der Waals surface area contributed by atoms with Crippen molar-refractivity contribution in [3.63, 3.8) is 0 Å². The van der Waals surface area contributed by atoms with Crippen LogP contribution in [0.1, 0.15) is 80.4 Å². The first-order valence-corrected chi connectivity index (χ1v) is 20.6. The van der Waals surface area contributed by atoms with E-state index in [1.54, 1.807) is 9.58 Å². The van der Waals surface area contributed by atoms with Gasteiger partial charge < -0.3 is 25.5 Å². The van der Waals surface area contributed by atoms with Gasteiger partial charge in [-0.2, -0.15) is 0 Å². The fraction of sp³-hybridized carbons (Fsp3) is 0.400. The Hall–Kier alpha value is -5.83. The van der Waals surface area contributed by atoms with Gasteiger partial charge in [-0.15, -0.1) is 15.4 Å². The van der Waals surface area contributed by atoms with Gasteiger partial charge in [0.05, 0.1) is 31.4 Å². The number of carbonyl (C=O) groups excluding carboxylic acids is 3. The van der Waals surface area contributed by atoms with E-state index >= 15 is 0 Å². The van der Waals surface area contributed by atoms with Crippen molar-refractivity contribution in [2.45, 2.75) is 115 Å². The zero-order valence-corrected chi connectivity index (χ0v) is 33.9. The van der Waals surface area contributed by atoms with Crippen molar-refractivity contribution >= 4 is 39.5 Å². The predicted molar refractivity (Wildman–Crippen MR) is 222 cm³/mol. The minimum Gasteiger partial charge on any atom is -0.357 e. The highest BCUT2D eigenvalue weighted by Gasteiger charge is 2.47. The number of aromatic amines is 2. The lowest BCUT2D eigenvalue weighted by atomic mass is 9.79. The third kappa shape index (κ3) is 7.40. The van der Waals surface area contributed by atoms with E-state index in [2.05, 4.69) is 42.3 Å². The summed E-state index contributed by atoms with van der Waals surface area (Å²) in [5, 5.41) is 34.6. The van der Waals surface area contributed by atoms with Gasteiger partial charge in [-0.3, -0.25) is 19.7 Å². The van der Waals surface area contributed by atoms with Crippen LogP contribution in [0.2, 0.25) is 0 Å². The quantitative estimate of drug-likeness (QED) is 0.140. The van der Waals surface area contributed by atoms with Gasteiger partial charge in [0.2, 0.25) is 17.7 Å². The molecule has 305 valence electrons. The van der Waals surface area contributed by atoms with Crippen molar-refractivity contribution in [2.24, 2.45) is 0 Å². The highest BCUT2D eigenvalue weighted by molar-refractivity contribution is 5.96. The Kier molecular flexibility index (Phi) is 9.89. The van der Waals surface area contributed by atoms with Crippen LogP contribution >= 0.6 is 0 Å². The molecule has 3 aromatic carbocycles. The summed E-state index contributed by atoms with van der Waals surface area (Å²) in [5.41, 5.74) is 6.37. The Morgan fingerprint density at radius 2 is 1.46 bits per heavy atom. The highest BCUT2D eigenvalue weighted by Crippen LogP contribution is 2.42. The number of fused-ring (bicyclic) bond motifs is 6. The number of benzene rings is 3. The molecule has 3 aromatic heterocycles. The van der Waals surface area contributed by atoms with Crippen LogP contribution in [0, 0.1) is 0 Å². The number of nitrogens with zero attached hydrogens (tertiary/aromatic N) is 5. The zero-order valence-electron chi connectivity index (χ0n) is 33.9. The number of hydrogen-bond donors (Lipinski definition) is 5. The van der Waals surface area contributed by atoms with Gasteiger partial charge in [0.15, 0.2) is 0 Å². The van der Waals surface area contributed by atoms with E-state index in [0.29, 0.717) is 37.9 Å². The predicted octanol–water partition coefficient (Wildman–Crippen LogP) is 4.79. The van der Waals surface area contributed by atoms with E-state index in [9.17, 15) is 19.6 Å². The maximum Gasteiger partial charge on any atom is 0.243 e. The lowest BCUT2D eigenvalue weighted by Crippen LogP contribution is -2.60. The van der Waals surface area contributed by atoms with Crippen LogP contribution in [0.15, 0.2) is 85.1 Å². The monoisotopic (exact) mass is 795 g/mol. The molecule has 0 unspecified atom stereocenters. The zero-order chi connectivity index (χ0) is 41.1. The molecule has 6 heterocycles. The molecular weight excluding hydrogens is 745 g/mol. The number of rotatable bonds is 9. The second-order valence-corrected chi connectivity index (χ2v) is 17.7. The smallest absolute Gasteiger partial charge is 0.243 e. The molecule has 0 spiro atoms. The van der Waals surface area contributed by atoms with Crippen LogP contribution in [0.3, 0.4) is 0 Å². The van der Waals surface area contributed by atoms with Gasteiger partial charge in [0, 0.05) is 63.7 Å². The number of H-pyrrole nitrogens is 2. The molecular formula is C45H51N10O4. The molecule has 3 amide bonds. The third-order valence-electron chi connectivity index (χ3n) is 12.6. The Labute approximate surface area is 342 Å². The van der Waals surface area contributed by atoms with E-state index in [4.69, 9.17) is 0 Å². The van der Waals surface area contributed by atoms with Crippen LogP contribution in [0.4, 0.5) is 0 Å². The Morgan fingerprint density at radius 1 is 0.831 bits per heavy atom. The molecule has 0 aliphatic carbocycles. The molecule has 1 radical (unpaired) electrons. The number of hydroxylamine groups is 2. The summed E-state index contributed by atoms with van der Waals surface area (Å²) >= 11 is 0. The maximum absolute atomic E-state index is 14.7. The molecule has 6 aromatic rings. The number of piperidine rings is 1. The van der Waals surface area contributed by atoms with Crippen molar-refractivity contribution in [3.05, 3.63) is 119 Å². The summed E-state index contributed by atoms with van der Waals surface area (Å²) in [6.45, 7) is 8.62. The van der Waals surface area contributed by atoms with E-state index in [0.717, 1.165) is 49.9 Å². The lowest BCUT2D eigenvalue weighted by Gasteiger charge is -2.49. The normalized spacial score (nSPS) is 20.9. The minimum absolute atomic E-state index is 0.0284. The molecule has 3 aliphatic heterocycles. The van der Waals surface area contributed by atoms with Gasteiger partial charge >= 0.3 is 0 Å². The molecule has 5 N–H and O–H groups in total. The average Bonchev–Trinajstić information content (AvgIpc) is 3.96.